The molecule has 1 heterocycles. The molecule has 0 aromatic carbocycles. The zero-order chi connectivity index (χ0) is 6.97. The number of fused-ring (bicyclic) bond motifs is 1. The van der Waals surface area contributed by atoms with Crippen molar-refractivity contribution >= 4 is 6.21 Å². The van der Waals surface area contributed by atoms with Crippen LogP contribution >= 0.6 is 0 Å². The number of hydrogen-bond acceptors (Lipinski definition) is 1. The van der Waals surface area contributed by atoms with Crippen LogP contribution in [0.2, 0.25) is 0 Å². The van der Waals surface area contributed by atoms with Gasteiger partial charge in [0.2, 0.25) is 0 Å². The van der Waals surface area contributed by atoms with Crippen LogP contribution in [0.15, 0.2) is 16.6 Å². The Bertz CT molecular complexity index is 191. The molecule has 1 fully saturated rings. The maximum atomic E-state index is 4.20. The molecule has 1 aliphatic carbocycles. The number of dihydropyridines is 1. The van der Waals surface area contributed by atoms with E-state index in [0.29, 0.717) is 0 Å². The lowest BCUT2D eigenvalue weighted by molar-refractivity contribution is 1.04. The number of aliphatic imine (C=N–C) groups is 1. The largest absolute Gasteiger partial charge is 0.283 e. The van der Waals surface area contributed by atoms with E-state index in [9.17, 15) is 0 Å². The van der Waals surface area contributed by atoms with E-state index in [2.05, 4.69) is 18.3 Å². The van der Waals surface area contributed by atoms with Crippen molar-refractivity contribution in [1.82, 2.24) is 0 Å². The van der Waals surface area contributed by atoms with Crippen molar-refractivity contribution in [1.29, 1.82) is 0 Å². The zero-order valence-corrected chi connectivity index (χ0v) is 5.83. The van der Waals surface area contributed by atoms with E-state index >= 15 is 0 Å². The van der Waals surface area contributed by atoms with Gasteiger partial charge < -0.3 is 0 Å². The van der Waals surface area contributed by atoms with Crippen LogP contribution in [0, 0.1) is 31.2 Å². The van der Waals surface area contributed by atoms with Crippen LogP contribution in [0.3, 0.4) is 0 Å². The van der Waals surface area contributed by atoms with Crippen molar-refractivity contribution in [3.05, 3.63) is 42.9 Å². The quantitative estimate of drug-likeness (QED) is 0.473. The minimum Gasteiger partial charge on any atom is -0.283 e. The molecule has 5 radical (unpaired) electrons. The molecule has 1 aliphatic heterocycles. The Kier molecular flexibility index (Phi) is 1.37. The van der Waals surface area contributed by atoms with Gasteiger partial charge in [-0.15, -0.1) is 0 Å². The second-order valence-electron chi connectivity index (χ2n) is 2.45. The summed E-state index contributed by atoms with van der Waals surface area (Å²) in [5.41, 5.74) is 1.30. The predicted molar refractivity (Wildman–Crippen MR) is 41.6 cm³/mol. The Morgan fingerprint density at radius 1 is 1.30 bits per heavy atom. The molecule has 1 saturated carbocycles. The highest BCUT2D eigenvalue weighted by Gasteiger charge is 2.31. The minimum atomic E-state index is 1.10. The summed E-state index contributed by atoms with van der Waals surface area (Å²) in [7, 11) is 0. The fourth-order valence-corrected chi connectivity index (χ4v) is 1.18. The number of nitrogens with zero attached hydrogens (tertiary/aromatic N) is 1. The summed E-state index contributed by atoms with van der Waals surface area (Å²) in [6.07, 6.45) is 10.0. The summed E-state index contributed by atoms with van der Waals surface area (Å²) in [6, 6.07) is 1.10. The number of rotatable bonds is 0. The molecule has 10 heavy (non-hydrogen) atoms. The molecule has 0 bridgehead atoms. The van der Waals surface area contributed by atoms with Crippen molar-refractivity contribution in [3.8, 4) is 0 Å². The molecule has 0 aromatic heterocycles. The molecule has 0 unspecified atom stereocenters. The SMILES string of the molecule is CC1=CC=N[C]2[CH][CH][CH][C]21. The molecule has 0 spiro atoms. The molecule has 49 valence electrons. The average molecular weight is 130 g/mol. The second-order valence-corrected chi connectivity index (χ2v) is 2.45. The maximum Gasteiger partial charge on any atom is 0.101 e. The Morgan fingerprint density at radius 3 is 3.00 bits per heavy atom. The first-order valence-corrected chi connectivity index (χ1v) is 3.35. The van der Waals surface area contributed by atoms with Crippen molar-refractivity contribution in [2.75, 3.05) is 0 Å². The first kappa shape index (κ1) is 6.14. The van der Waals surface area contributed by atoms with Gasteiger partial charge in [-0.1, -0.05) is 5.57 Å². The fraction of sp³-hybridized carbons (Fsp3) is 0.111. The lowest BCUT2D eigenvalue weighted by Gasteiger charge is -2.16. The van der Waals surface area contributed by atoms with Crippen molar-refractivity contribution < 1.29 is 0 Å². The Labute approximate surface area is 61.9 Å². The molecular weight excluding hydrogens is 122 g/mol. The first-order valence-electron chi connectivity index (χ1n) is 3.35. The van der Waals surface area contributed by atoms with E-state index in [-0.39, 0.29) is 0 Å². The van der Waals surface area contributed by atoms with Gasteiger partial charge in [-0.3, -0.25) is 4.99 Å². The monoisotopic (exact) mass is 130 g/mol. The zero-order valence-electron chi connectivity index (χ0n) is 5.83. The van der Waals surface area contributed by atoms with Crippen LogP contribution in [-0.2, 0) is 0 Å². The van der Waals surface area contributed by atoms with Gasteiger partial charge in [-0.2, -0.15) is 0 Å². The van der Waals surface area contributed by atoms with E-state index in [0.717, 1.165) is 6.04 Å². The van der Waals surface area contributed by atoms with E-state index in [4.69, 9.17) is 0 Å². The van der Waals surface area contributed by atoms with Gasteiger partial charge in [0.1, 0.15) is 6.04 Å². The van der Waals surface area contributed by atoms with Crippen LogP contribution in [0.5, 0.6) is 0 Å². The standard InChI is InChI=1S/C9H8N/c1-7-5-6-10-9-4-2-3-8(7)9/h2-6H,1H3. The molecule has 0 N–H and O–H groups in total. The van der Waals surface area contributed by atoms with Crippen LogP contribution < -0.4 is 0 Å². The lowest BCUT2D eigenvalue weighted by Crippen LogP contribution is -2.06. The topological polar surface area (TPSA) is 12.4 Å². The number of allylic oxidation sites excluding steroid dienone is 1. The van der Waals surface area contributed by atoms with Crippen molar-refractivity contribution in [2.45, 2.75) is 6.92 Å². The van der Waals surface area contributed by atoms with Crippen molar-refractivity contribution in [3.63, 3.8) is 0 Å². The molecule has 1 heteroatoms. The average Bonchev–Trinajstić information content (AvgIpc) is 2.36. The first-order chi connectivity index (χ1) is 4.88. The van der Waals surface area contributed by atoms with Gasteiger partial charge in [0, 0.05) is 12.1 Å². The van der Waals surface area contributed by atoms with Gasteiger partial charge in [-0.05, 0) is 32.3 Å². The van der Waals surface area contributed by atoms with E-state index in [1.807, 2.05) is 25.1 Å². The molecule has 0 amide bonds. The molecule has 1 nitrogen and oxygen atoms in total. The summed E-state index contributed by atoms with van der Waals surface area (Å²) in [6.45, 7) is 2.10. The highest BCUT2D eigenvalue weighted by atomic mass is 14.8. The Morgan fingerprint density at radius 2 is 2.20 bits per heavy atom. The van der Waals surface area contributed by atoms with Gasteiger partial charge in [0.25, 0.3) is 0 Å². The third-order valence-electron chi connectivity index (χ3n) is 1.76. The van der Waals surface area contributed by atoms with E-state index in [1.165, 1.54) is 11.5 Å². The smallest absolute Gasteiger partial charge is 0.101 e. The Hall–Kier alpha value is -0.590. The minimum absolute atomic E-state index is 1.10. The summed E-state index contributed by atoms with van der Waals surface area (Å²) < 4.78 is 0. The van der Waals surface area contributed by atoms with Crippen LogP contribution in [-0.4, -0.2) is 6.21 Å². The van der Waals surface area contributed by atoms with E-state index < -0.39 is 0 Å². The van der Waals surface area contributed by atoms with Crippen LogP contribution in [0.4, 0.5) is 0 Å². The summed E-state index contributed by atoms with van der Waals surface area (Å²) in [5, 5.41) is 0. The van der Waals surface area contributed by atoms with Gasteiger partial charge >= 0.3 is 0 Å². The summed E-state index contributed by atoms with van der Waals surface area (Å²) >= 11 is 0. The Balaban J connectivity index is 2.24. The normalized spacial score (nSPS) is 26.7. The predicted octanol–water partition coefficient (Wildman–Crippen LogP) is 1.75. The third-order valence-corrected chi connectivity index (χ3v) is 1.76. The molecule has 0 atom stereocenters. The van der Waals surface area contributed by atoms with Gasteiger partial charge in [0.15, 0.2) is 0 Å². The molecular formula is C9H8N. The van der Waals surface area contributed by atoms with Gasteiger partial charge in [0.05, 0.1) is 0 Å². The van der Waals surface area contributed by atoms with Crippen LogP contribution in [0.25, 0.3) is 0 Å². The second kappa shape index (κ2) is 2.22. The molecule has 2 aliphatic rings. The highest BCUT2D eigenvalue weighted by Crippen LogP contribution is 2.40. The van der Waals surface area contributed by atoms with E-state index in [1.54, 1.807) is 0 Å². The van der Waals surface area contributed by atoms with Crippen LogP contribution in [0.1, 0.15) is 6.92 Å². The highest BCUT2D eigenvalue weighted by molar-refractivity contribution is 5.79. The van der Waals surface area contributed by atoms with Crippen molar-refractivity contribution in [2.24, 2.45) is 4.99 Å². The molecule has 0 saturated heterocycles. The molecule has 2 rings (SSSR count). The number of hydrogen-bond donors (Lipinski definition) is 0. The third kappa shape index (κ3) is 0.808. The summed E-state index contributed by atoms with van der Waals surface area (Å²) in [5.74, 6) is 1.27. The summed E-state index contributed by atoms with van der Waals surface area (Å²) in [4.78, 5) is 4.20. The maximum absolute atomic E-state index is 4.20. The molecule has 0 aromatic rings. The fourth-order valence-electron chi connectivity index (χ4n) is 1.18. The van der Waals surface area contributed by atoms with Gasteiger partial charge in [-0.25, -0.2) is 0 Å². The lowest BCUT2D eigenvalue weighted by atomic mass is 9.93.